The smallest absolute Gasteiger partial charge is 0.115 e. The van der Waals surface area contributed by atoms with Gasteiger partial charge in [-0.15, -0.1) is 0 Å². The van der Waals surface area contributed by atoms with E-state index in [-0.39, 0.29) is 0 Å². The molecule has 1 fully saturated rings. The highest BCUT2D eigenvalue weighted by molar-refractivity contribution is 5.14. The third kappa shape index (κ3) is 3.53. The van der Waals surface area contributed by atoms with Crippen LogP contribution in [0, 0.1) is 17.3 Å². The Balaban J connectivity index is 2.18. The zero-order valence-corrected chi connectivity index (χ0v) is 12.7. The average Bonchev–Trinajstić information content (AvgIpc) is 2.39. The lowest BCUT2D eigenvalue weighted by atomic mass is 9.64. The van der Waals surface area contributed by atoms with Gasteiger partial charge in [0, 0.05) is 12.4 Å². The van der Waals surface area contributed by atoms with Crippen molar-refractivity contribution in [3.8, 4) is 0 Å². The van der Waals surface area contributed by atoms with E-state index in [2.05, 4.69) is 43.1 Å². The van der Waals surface area contributed by atoms with E-state index in [0.717, 1.165) is 18.4 Å². The summed E-state index contributed by atoms with van der Waals surface area (Å²) in [4.78, 5) is 8.42. The quantitative estimate of drug-likeness (QED) is 0.907. The summed E-state index contributed by atoms with van der Waals surface area (Å²) < 4.78 is 0. The first-order valence-electron chi connectivity index (χ1n) is 7.42. The van der Waals surface area contributed by atoms with Gasteiger partial charge >= 0.3 is 0 Å². The molecule has 1 aromatic rings. The molecule has 3 heteroatoms. The van der Waals surface area contributed by atoms with E-state index < -0.39 is 0 Å². The highest BCUT2D eigenvalue weighted by Crippen LogP contribution is 2.46. The van der Waals surface area contributed by atoms with Crippen molar-refractivity contribution in [1.82, 2.24) is 15.3 Å². The van der Waals surface area contributed by atoms with Crippen LogP contribution in [0.4, 0.5) is 0 Å². The molecule has 106 valence electrons. The van der Waals surface area contributed by atoms with E-state index >= 15 is 0 Å². The zero-order chi connectivity index (χ0) is 13.9. The van der Waals surface area contributed by atoms with E-state index in [1.165, 1.54) is 24.8 Å². The number of rotatable bonds is 3. The van der Waals surface area contributed by atoms with Gasteiger partial charge in [0.25, 0.3) is 0 Å². The number of hydrogen-bond acceptors (Lipinski definition) is 3. The second kappa shape index (κ2) is 6.00. The maximum Gasteiger partial charge on any atom is 0.115 e. The molecule has 0 aliphatic heterocycles. The van der Waals surface area contributed by atoms with Crippen LogP contribution in [-0.4, -0.2) is 23.6 Å². The van der Waals surface area contributed by atoms with Crippen LogP contribution in [0.25, 0.3) is 0 Å². The van der Waals surface area contributed by atoms with Crippen molar-refractivity contribution in [1.29, 1.82) is 0 Å². The van der Waals surface area contributed by atoms with Crippen molar-refractivity contribution in [2.45, 2.75) is 46.0 Å². The summed E-state index contributed by atoms with van der Waals surface area (Å²) in [6.45, 7) is 8.20. The summed E-state index contributed by atoms with van der Waals surface area (Å²) in [6.07, 6.45) is 9.56. The fourth-order valence-corrected chi connectivity index (χ4v) is 3.44. The Bertz CT molecular complexity index is 383. The average molecular weight is 261 g/mol. The minimum atomic E-state index is 0.401. The normalized spacial score (nSPS) is 28.3. The van der Waals surface area contributed by atoms with Crippen LogP contribution in [0.2, 0.25) is 0 Å². The van der Waals surface area contributed by atoms with E-state index in [1.807, 2.05) is 12.4 Å². The van der Waals surface area contributed by atoms with Crippen LogP contribution < -0.4 is 5.32 Å². The van der Waals surface area contributed by atoms with E-state index in [1.54, 1.807) is 6.33 Å². The van der Waals surface area contributed by atoms with Gasteiger partial charge in [-0.3, -0.25) is 0 Å². The first-order chi connectivity index (χ1) is 9.02. The molecule has 0 spiro atoms. The monoisotopic (exact) mass is 261 g/mol. The number of hydrogen-bond donors (Lipinski definition) is 1. The molecule has 3 nitrogen and oxygen atoms in total. The summed E-state index contributed by atoms with van der Waals surface area (Å²) in [5, 5.41) is 3.35. The van der Waals surface area contributed by atoms with Crippen LogP contribution in [0.15, 0.2) is 18.7 Å². The third-order valence-corrected chi connectivity index (χ3v) is 4.69. The summed E-state index contributed by atoms with van der Waals surface area (Å²) in [5.74, 6) is 2.12. The Morgan fingerprint density at radius 3 is 2.47 bits per heavy atom. The van der Waals surface area contributed by atoms with Gasteiger partial charge in [0.15, 0.2) is 0 Å². The van der Waals surface area contributed by atoms with Crippen LogP contribution in [0.5, 0.6) is 0 Å². The minimum absolute atomic E-state index is 0.401. The standard InChI is InChI=1S/C16H27N3/c1-16(2,3)14-6-5-12(8-17-4)15(7-14)13-9-18-11-19-10-13/h9-12,14-15,17H,5-8H2,1-4H3. The third-order valence-electron chi connectivity index (χ3n) is 4.69. The molecule has 0 radical (unpaired) electrons. The number of nitrogens with zero attached hydrogens (tertiary/aromatic N) is 2. The first kappa shape index (κ1) is 14.4. The van der Waals surface area contributed by atoms with Gasteiger partial charge in [-0.05, 0) is 61.6 Å². The molecule has 3 atom stereocenters. The molecule has 0 bridgehead atoms. The van der Waals surface area contributed by atoms with Crippen molar-refractivity contribution < 1.29 is 0 Å². The van der Waals surface area contributed by atoms with Crippen LogP contribution in [0.1, 0.15) is 51.5 Å². The summed E-state index contributed by atoms with van der Waals surface area (Å²) in [6, 6.07) is 0. The largest absolute Gasteiger partial charge is 0.319 e. The first-order valence-corrected chi connectivity index (χ1v) is 7.42. The summed E-state index contributed by atoms with van der Waals surface area (Å²) in [5.41, 5.74) is 1.72. The Morgan fingerprint density at radius 1 is 1.21 bits per heavy atom. The molecule has 1 aliphatic carbocycles. The van der Waals surface area contributed by atoms with Crippen LogP contribution in [0.3, 0.4) is 0 Å². The van der Waals surface area contributed by atoms with Gasteiger partial charge < -0.3 is 5.32 Å². The highest BCUT2D eigenvalue weighted by atomic mass is 14.8. The van der Waals surface area contributed by atoms with Gasteiger partial charge in [-0.2, -0.15) is 0 Å². The summed E-state index contributed by atoms with van der Waals surface area (Å²) in [7, 11) is 2.05. The molecule has 3 unspecified atom stereocenters. The van der Waals surface area contributed by atoms with Crippen molar-refractivity contribution in [3.05, 3.63) is 24.3 Å². The molecule has 1 aromatic heterocycles. The fourth-order valence-electron chi connectivity index (χ4n) is 3.44. The van der Waals surface area contributed by atoms with Gasteiger partial charge in [-0.25, -0.2) is 9.97 Å². The van der Waals surface area contributed by atoms with E-state index in [0.29, 0.717) is 11.3 Å². The lowest BCUT2D eigenvalue weighted by Gasteiger charge is -2.42. The molecule has 0 saturated heterocycles. The Hall–Kier alpha value is -0.960. The second-order valence-electron chi connectivity index (χ2n) is 6.97. The number of nitrogens with one attached hydrogen (secondary N) is 1. The van der Waals surface area contributed by atoms with Gasteiger partial charge in [0.05, 0.1) is 0 Å². The van der Waals surface area contributed by atoms with Crippen LogP contribution in [-0.2, 0) is 0 Å². The van der Waals surface area contributed by atoms with Crippen LogP contribution >= 0.6 is 0 Å². The SMILES string of the molecule is CNCC1CCC(C(C)(C)C)CC1c1cncnc1. The van der Waals surface area contributed by atoms with E-state index in [9.17, 15) is 0 Å². The molecule has 0 aromatic carbocycles. The minimum Gasteiger partial charge on any atom is -0.319 e. The maximum atomic E-state index is 4.21. The van der Waals surface area contributed by atoms with Crippen molar-refractivity contribution in [2.24, 2.45) is 17.3 Å². The molecule has 1 N–H and O–H groups in total. The van der Waals surface area contributed by atoms with Gasteiger partial charge in [-0.1, -0.05) is 20.8 Å². The summed E-state index contributed by atoms with van der Waals surface area (Å²) >= 11 is 0. The maximum absolute atomic E-state index is 4.21. The zero-order valence-electron chi connectivity index (χ0n) is 12.7. The van der Waals surface area contributed by atoms with Gasteiger partial charge in [0.1, 0.15) is 6.33 Å². The predicted molar refractivity (Wildman–Crippen MR) is 79.0 cm³/mol. The number of aromatic nitrogens is 2. The molecule has 1 aliphatic rings. The molecular formula is C16H27N3. The molecule has 19 heavy (non-hydrogen) atoms. The van der Waals surface area contributed by atoms with E-state index in [4.69, 9.17) is 0 Å². The molecule has 1 saturated carbocycles. The Morgan fingerprint density at radius 2 is 1.89 bits per heavy atom. The lowest BCUT2D eigenvalue weighted by molar-refractivity contribution is 0.130. The fraction of sp³-hybridized carbons (Fsp3) is 0.750. The Labute approximate surface area is 117 Å². The lowest BCUT2D eigenvalue weighted by Crippen LogP contribution is -2.34. The van der Waals surface area contributed by atoms with Crippen molar-refractivity contribution >= 4 is 0 Å². The van der Waals surface area contributed by atoms with Crippen molar-refractivity contribution in [3.63, 3.8) is 0 Å². The molecule has 2 rings (SSSR count). The Kier molecular flexibility index (Phi) is 4.56. The predicted octanol–water partition coefficient (Wildman–Crippen LogP) is 3.24. The van der Waals surface area contributed by atoms with Gasteiger partial charge in [0.2, 0.25) is 0 Å². The molecule has 1 heterocycles. The highest BCUT2D eigenvalue weighted by Gasteiger charge is 2.36. The molecular weight excluding hydrogens is 234 g/mol. The van der Waals surface area contributed by atoms with Crippen molar-refractivity contribution in [2.75, 3.05) is 13.6 Å². The molecule has 0 amide bonds. The topological polar surface area (TPSA) is 37.8 Å². The second-order valence-corrected chi connectivity index (χ2v) is 6.97.